The molecule has 0 aliphatic carbocycles. The minimum Gasteiger partial charge on any atom is -0.491 e. The molecule has 0 bridgehead atoms. The smallest absolute Gasteiger partial charge is 0.309 e. The van der Waals surface area contributed by atoms with E-state index in [-0.39, 0.29) is 45.1 Å². The number of oxazole rings is 2. The van der Waals surface area contributed by atoms with Gasteiger partial charge in [0.15, 0.2) is 22.9 Å². The van der Waals surface area contributed by atoms with Gasteiger partial charge in [0, 0.05) is 19.4 Å². The number of aliphatic hydroxyl groups is 1. The van der Waals surface area contributed by atoms with Crippen LogP contribution in [0, 0.1) is 11.8 Å². The number of rotatable bonds is 20. The first-order valence-electron chi connectivity index (χ1n) is 18.2. The lowest BCUT2D eigenvalue weighted by Crippen LogP contribution is -2.47. The summed E-state index contributed by atoms with van der Waals surface area (Å²) in [5, 5.41) is 9.21. The summed E-state index contributed by atoms with van der Waals surface area (Å²) in [5.74, 6) is -0.213. The molecule has 0 saturated carbocycles. The van der Waals surface area contributed by atoms with Gasteiger partial charge >= 0.3 is 5.97 Å². The van der Waals surface area contributed by atoms with E-state index in [2.05, 4.69) is 23.1 Å². The van der Waals surface area contributed by atoms with Crippen LogP contribution in [0.5, 0.6) is 5.75 Å². The number of esters is 1. The van der Waals surface area contributed by atoms with Gasteiger partial charge in [-0.05, 0) is 66.8 Å². The van der Waals surface area contributed by atoms with E-state index in [4.69, 9.17) is 18.3 Å². The molecule has 1 amide bonds. The third kappa shape index (κ3) is 9.90. The van der Waals surface area contributed by atoms with Crippen molar-refractivity contribution < 1.29 is 33.0 Å². The molecule has 0 radical (unpaired) electrons. The molecule has 0 saturated heterocycles. The van der Waals surface area contributed by atoms with Gasteiger partial charge < -0.3 is 28.3 Å². The summed E-state index contributed by atoms with van der Waals surface area (Å²) in [5.41, 5.74) is 4.57. The molecule has 2 aromatic heterocycles. The van der Waals surface area contributed by atoms with Crippen LogP contribution in [0.25, 0.3) is 22.2 Å². The summed E-state index contributed by atoms with van der Waals surface area (Å²) < 4.78 is 23.7. The molecule has 0 fully saturated rings. The van der Waals surface area contributed by atoms with Crippen LogP contribution in [0.2, 0.25) is 0 Å². The molecule has 2 heterocycles. The number of allylic oxidation sites excluding steroid dienone is 2. The SMILES string of the molecule is C=CC[C@H](Cc1nc2ccccc2o1)C(=O)OC[C@H](Cc1ccccc1)N(Cc1ccc(OCCO)cc1)C(=O)[C@H](CC=C)Cc1nc2ccccc2o1. The second kappa shape index (κ2) is 18.7. The molecule has 4 aromatic carbocycles. The Morgan fingerprint density at radius 1 is 0.722 bits per heavy atom. The summed E-state index contributed by atoms with van der Waals surface area (Å²) in [6.07, 6.45) is 5.08. The van der Waals surface area contributed by atoms with Gasteiger partial charge in [0.05, 0.1) is 24.5 Å². The van der Waals surface area contributed by atoms with E-state index in [0.29, 0.717) is 48.0 Å². The molecule has 6 aromatic rings. The quantitative estimate of drug-likeness (QED) is 0.0622. The van der Waals surface area contributed by atoms with Crippen molar-refractivity contribution in [3.05, 3.63) is 151 Å². The highest BCUT2D eigenvalue weighted by atomic mass is 16.5. The number of fused-ring (bicyclic) bond motifs is 2. The highest BCUT2D eigenvalue weighted by molar-refractivity contribution is 5.80. The Kier molecular flexibility index (Phi) is 13.0. The maximum Gasteiger partial charge on any atom is 0.309 e. The minimum atomic E-state index is -0.587. The van der Waals surface area contributed by atoms with Crippen LogP contribution in [0.1, 0.15) is 35.7 Å². The third-order valence-electron chi connectivity index (χ3n) is 9.20. The van der Waals surface area contributed by atoms with Gasteiger partial charge in [0.25, 0.3) is 0 Å². The number of aliphatic hydroxyl groups excluding tert-OH is 1. The van der Waals surface area contributed by atoms with Crippen molar-refractivity contribution in [1.29, 1.82) is 0 Å². The number of hydrogen-bond acceptors (Lipinski definition) is 9. The van der Waals surface area contributed by atoms with Crippen molar-refractivity contribution in [2.45, 2.75) is 44.7 Å². The van der Waals surface area contributed by atoms with Gasteiger partial charge in [-0.25, -0.2) is 9.97 Å². The number of nitrogens with zero attached hydrogens (tertiary/aromatic N) is 3. The Labute approximate surface area is 314 Å². The second-order valence-corrected chi connectivity index (χ2v) is 13.2. The van der Waals surface area contributed by atoms with Gasteiger partial charge in [-0.15, -0.1) is 13.2 Å². The van der Waals surface area contributed by atoms with Gasteiger partial charge in [-0.1, -0.05) is 78.9 Å². The molecular formula is C44H45N3O7. The number of ether oxygens (including phenoxy) is 2. The highest BCUT2D eigenvalue weighted by Gasteiger charge is 2.33. The number of aromatic nitrogens is 2. The molecule has 1 N–H and O–H groups in total. The molecule has 3 atom stereocenters. The summed E-state index contributed by atoms with van der Waals surface area (Å²) >= 11 is 0. The summed E-state index contributed by atoms with van der Waals surface area (Å²) in [6, 6.07) is 31.7. The molecule has 10 heteroatoms. The van der Waals surface area contributed by atoms with Crippen molar-refractivity contribution in [3.8, 4) is 5.75 Å². The Morgan fingerprint density at radius 3 is 1.89 bits per heavy atom. The second-order valence-electron chi connectivity index (χ2n) is 13.2. The van der Waals surface area contributed by atoms with E-state index in [0.717, 1.165) is 22.2 Å². The summed E-state index contributed by atoms with van der Waals surface area (Å²) in [6.45, 7) is 8.08. The van der Waals surface area contributed by atoms with Gasteiger partial charge in [0.1, 0.15) is 30.0 Å². The fraction of sp³-hybridized carbons (Fsp3) is 0.273. The average molecular weight is 728 g/mol. The van der Waals surface area contributed by atoms with E-state index in [1.165, 1.54) is 0 Å². The van der Waals surface area contributed by atoms with E-state index in [9.17, 15) is 14.7 Å². The highest BCUT2D eigenvalue weighted by Crippen LogP contribution is 2.26. The zero-order chi connectivity index (χ0) is 37.7. The van der Waals surface area contributed by atoms with E-state index in [1.54, 1.807) is 17.1 Å². The first kappa shape index (κ1) is 37.7. The first-order valence-corrected chi connectivity index (χ1v) is 18.2. The van der Waals surface area contributed by atoms with Gasteiger partial charge in [-0.2, -0.15) is 0 Å². The van der Waals surface area contributed by atoms with Crippen LogP contribution in [0.4, 0.5) is 0 Å². The standard InChI is InChI=1S/C44H45N3O7/c1-3-12-33(27-41-45-37-16-8-10-18-39(37)53-41)43(49)47(29-32-20-22-36(23-21-32)51-25-24-48)35(26-31-14-6-5-7-15-31)30-52-44(50)34(13-4-2)28-42-46-38-17-9-11-19-40(38)54-42/h3-11,14-23,33-35,48H,1-2,12-13,24-30H2/t33-,34-,35+/m1/s1. The lowest BCUT2D eigenvalue weighted by Gasteiger charge is -2.34. The van der Waals surface area contributed by atoms with Crippen LogP contribution in [0.15, 0.2) is 137 Å². The predicted molar refractivity (Wildman–Crippen MR) is 206 cm³/mol. The van der Waals surface area contributed by atoms with Crippen LogP contribution >= 0.6 is 0 Å². The fourth-order valence-electron chi connectivity index (χ4n) is 6.49. The zero-order valence-electron chi connectivity index (χ0n) is 30.2. The predicted octanol–water partition coefficient (Wildman–Crippen LogP) is 7.69. The molecule has 0 aliphatic rings. The van der Waals surface area contributed by atoms with Gasteiger partial charge in [0.2, 0.25) is 5.91 Å². The maximum absolute atomic E-state index is 14.9. The lowest BCUT2D eigenvalue weighted by atomic mass is 9.96. The molecular weight excluding hydrogens is 682 g/mol. The summed E-state index contributed by atoms with van der Waals surface area (Å²) in [7, 11) is 0. The number of benzene rings is 4. The van der Waals surface area contributed by atoms with Gasteiger partial charge in [-0.3, -0.25) is 9.59 Å². The van der Waals surface area contributed by atoms with Crippen LogP contribution in [-0.4, -0.2) is 57.7 Å². The molecule has 10 nitrogen and oxygen atoms in total. The van der Waals surface area contributed by atoms with Crippen molar-refractivity contribution >= 4 is 34.1 Å². The number of carbonyl (C=O) groups excluding carboxylic acids is 2. The Morgan fingerprint density at radius 2 is 1.30 bits per heavy atom. The number of para-hydroxylation sites is 4. The molecule has 0 aliphatic heterocycles. The lowest BCUT2D eigenvalue weighted by molar-refractivity contribution is -0.153. The molecule has 0 unspecified atom stereocenters. The number of hydrogen-bond donors (Lipinski definition) is 1. The maximum atomic E-state index is 14.9. The molecule has 0 spiro atoms. The van der Waals surface area contributed by atoms with Crippen LogP contribution < -0.4 is 4.74 Å². The fourth-order valence-corrected chi connectivity index (χ4v) is 6.49. The number of carbonyl (C=O) groups is 2. The largest absolute Gasteiger partial charge is 0.491 e. The Hall–Kier alpha value is -6.00. The van der Waals surface area contributed by atoms with Crippen molar-refractivity contribution in [2.75, 3.05) is 19.8 Å². The monoisotopic (exact) mass is 727 g/mol. The Balaban J connectivity index is 1.29. The first-order chi connectivity index (χ1) is 26.4. The van der Waals surface area contributed by atoms with E-state index < -0.39 is 23.8 Å². The van der Waals surface area contributed by atoms with E-state index >= 15 is 0 Å². The minimum absolute atomic E-state index is 0.0535. The van der Waals surface area contributed by atoms with Crippen molar-refractivity contribution in [2.24, 2.45) is 11.8 Å². The van der Waals surface area contributed by atoms with Crippen LogP contribution in [0.3, 0.4) is 0 Å². The third-order valence-corrected chi connectivity index (χ3v) is 9.20. The topological polar surface area (TPSA) is 128 Å². The Bertz CT molecular complexity index is 2070. The normalized spacial score (nSPS) is 12.9. The molecule has 6 rings (SSSR count). The van der Waals surface area contributed by atoms with E-state index in [1.807, 2.05) is 103 Å². The van der Waals surface area contributed by atoms with Crippen molar-refractivity contribution in [3.63, 3.8) is 0 Å². The average Bonchev–Trinajstić information content (AvgIpc) is 3.81. The molecule has 54 heavy (non-hydrogen) atoms. The van der Waals surface area contributed by atoms with Crippen LogP contribution in [-0.2, 0) is 40.1 Å². The summed E-state index contributed by atoms with van der Waals surface area (Å²) in [4.78, 5) is 39.7. The molecule has 278 valence electrons. The zero-order valence-corrected chi connectivity index (χ0v) is 30.2. The van der Waals surface area contributed by atoms with Crippen molar-refractivity contribution in [1.82, 2.24) is 14.9 Å². The number of amides is 1.